The lowest BCUT2D eigenvalue weighted by Crippen LogP contribution is -2.59. The van der Waals surface area contributed by atoms with Gasteiger partial charge in [0.15, 0.2) is 0 Å². The number of amides is 3. The molecule has 4 unspecified atom stereocenters. The number of aliphatic carboxylic acids is 1. The smallest absolute Gasteiger partial charge is 0.322 e. The van der Waals surface area contributed by atoms with E-state index in [0.717, 1.165) is 5.56 Å². The van der Waals surface area contributed by atoms with Crippen molar-refractivity contribution < 1.29 is 29.4 Å². The molecule has 0 bridgehead atoms. The van der Waals surface area contributed by atoms with Crippen LogP contribution in [0.25, 0.3) is 0 Å². The van der Waals surface area contributed by atoms with Crippen molar-refractivity contribution in [3.8, 4) is 0 Å². The van der Waals surface area contributed by atoms with E-state index < -0.39 is 54.5 Å². The maximum Gasteiger partial charge on any atom is 0.322 e. The van der Waals surface area contributed by atoms with Gasteiger partial charge in [-0.15, -0.1) is 0 Å². The van der Waals surface area contributed by atoms with E-state index in [2.05, 4.69) is 16.0 Å². The molecule has 1 rings (SSSR count). The molecule has 10 nitrogen and oxygen atoms in total. The molecule has 7 N–H and O–H groups in total. The topological polar surface area (TPSA) is 171 Å². The maximum absolute atomic E-state index is 12.9. The van der Waals surface area contributed by atoms with E-state index in [1.807, 2.05) is 19.9 Å². The van der Waals surface area contributed by atoms with Crippen LogP contribution < -0.4 is 21.7 Å². The summed E-state index contributed by atoms with van der Waals surface area (Å²) in [5.74, 6) is -3.15. The molecule has 0 spiro atoms. The van der Waals surface area contributed by atoms with Crippen molar-refractivity contribution in [2.45, 2.75) is 57.8 Å². The highest BCUT2D eigenvalue weighted by molar-refractivity contribution is 5.94. The molecule has 0 saturated carbocycles. The molecule has 0 aliphatic heterocycles. The van der Waals surface area contributed by atoms with Gasteiger partial charge in [0, 0.05) is 6.42 Å². The van der Waals surface area contributed by atoms with Crippen molar-refractivity contribution in [1.29, 1.82) is 0 Å². The van der Waals surface area contributed by atoms with Crippen LogP contribution in [0.4, 0.5) is 0 Å². The minimum absolute atomic E-state index is 0.135. The molecule has 1 aromatic rings. The Bertz CT molecular complexity index is 753. The molecular formula is C21H32N4O6. The summed E-state index contributed by atoms with van der Waals surface area (Å²) in [4.78, 5) is 48.3. The average Bonchev–Trinajstić information content (AvgIpc) is 2.69. The standard InChI is InChI=1S/C21H32N4O6/c1-12(2)9-15(22)19(29)24-16(10-14-7-5-4-6-8-14)20(30)25-18(13(3)26)21(31)23-11-17(27)28/h4-8,12-13,15-16,18,26H,9-11,22H2,1-3H3,(H,23,31)(H,24,29)(H,25,30)(H,27,28). The van der Waals surface area contributed by atoms with E-state index in [-0.39, 0.29) is 12.3 Å². The van der Waals surface area contributed by atoms with Crippen LogP contribution in [0.1, 0.15) is 32.8 Å². The van der Waals surface area contributed by atoms with E-state index >= 15 is 0 Å². The molecule has 0 heterocycles. The number of aliphatic hydroxyl groups excluding tert-OH is 1. The van der Waals surface area contributed by atoms with Crippen LogP contribution in [0.2, 0.25) is 0 Å². The lowest BCUT2D eigenvalue weighted by atomic mass is 10.0. The van der Waals surface area contributed by atoms with Crippen LogP contribution in [-0.2, 0) is 25.6 Å². The molecule has 0 saturated heterocycles. The molecule has 1 aromatic carbocycles. The first kappa shape index (κ1) is 26.1. The molecule has 0 aliphatic carbocycles. The molecule has 172 valence electrons. The number of rotatable bonds is 12. The fraction of sp³-hybridized carbons (Fsp3) is 0.524. The highest BCUT2D eigenvalue weighted by atomic mass is 16.4. The number of benzene rings is 1. The summed E-state index contributed by atoms with van der Waals surface area (Å²) >= 11 is 0. The first-order valence-electron chi connectivity index (χ1n) is 10.1. The van der Waals surface area contributed by atoms with Gasteiger partial charge < -0.3 is 31.9 Å². The second-order valence-electron chi connectivity index (χ2n) is 7.83. The predicted octanol–water partition coefficient (Wildman–Crippen LogP) is -0.846. The maximum atomic E-state index is 12.9. The zero-order chi connectivity index (χ0) is 23.6. The van der Waals surface area contributed by atoms with Gasteiger partial charge in [-0.1, -0.05) is 44.2 Å². The van der Waals surface area contributed by atoms with Crippen molar-refractivity contribution in [1.82, 2.24) is 16.0 Å². The van der Waals surface area contributed by atoms with E-state index in [4.69, 9.17) is 10.8 Å². The summed E-state index contributed by atoms with van der Waals surface area (Å²) in [6, 6.07) is 5.69. The zero-order valence-corrected chi connectivity index (χ0v) is 18.0. The van der Waals surface area contributed by atoms with Crippen LogP contribution in [-0.4, -0.2) is 64.7 Å². The number of carbonyl (C=O) groups is 4. The van der Waals surface area contributed by atoms with Crippen molar-refractivity contribution in [3.05, 3.63) is 35.9 Å². The molecular weight excluding hydrogens is 404 g/mol. The highest BCUT2D eigenvalue weighted by Gasteiger charge is 2.31. The quantitative estimate of drug-likeness (QED) is 0.248. The molecule has 31 heavy (non-hydrogen) atoms. The third-order valence-corrected chi connectivity index (χ3v) is 4.45. The molecule has 0 fully saturated rings. The van der Waals surface area contributed by atoms with Gasteiger partial charge in [0.1, 0.15) is 18.6 Å². The fourth-order valence-corrected chi connectivity index (χ4v) is 2.88. The van der Waals surface area contributed by atoms with Crippen molar-refractivity contribution in [3.63, 3.8) is 0 Å². The molecule has 0 aliphatic rings. The lowest BCUT2D eigenvalue weighted by Gasteiger charge is -2.25. The number of aliphatic hydroxyl groups is 1. The van der Waals surface area contributed by atoms with E-state index in [1.54, 1.807) is 24.3 Å². The normalized spacial score (nSPS) is 14.8. The van der Waals surface area contributed by atoms with E-state index in [1.165, 1.54) is 6.92 Å². The monoisotopic (exact) mass is 436 g/mol. The van der Waals surface area contributed by atoms with Crippen LogP contribution in [0, 0.1) is 5.92 Å². The Hall–Kier alpha value is -2.98. The van der Waals surface area contributed by atoms with Gasteiger partial charge in [-0.3, -0.25) is 19.2 Å². The number of carboxylic acid groups (broad SMARTS) is 1. The molecule has 3 amide bonds. The first-order chi connectivity index (χ1) is 14.5. The number of carboxylic acids is 1. The third kappa shape index (κ3) is 9.58. The summed E-state index contributed by atoms with van der Waals surface area (Å²) in [5.41, 5.74) is 6.69. The second kappa shape index (κ2) is 12.7. The number of nitrogens with one attached hydrogen (secondary N) is 3. The van der Waals surface area contributed by atoms with E-state index in [0.29, 0.717) is 6.42 Å². The van der Waals surface area contributed by atoms with Crippen molar-refractivity contribution in [2.24, 2.45) is 11.7 Å². The Labute approximate surface area is 181 Å². The van der Waals surface area contributed by atoms with Crippen LogP contribution >= 0.6 is 0 Å². The van der Waals surface area contributed by atoms with Crippen LogP contribution in [0.3, 0.4) is 0 Å². The van der Waals surface area contributed by atoms with Gasteiger partial charge in [-0.25, -0.2) is 0 Å². The number of carbonyl (C=O) groups excluding carboxylic acids is 3. The average molecular weight is 437 g/mol. The summed E-state index contributed by atoms with van der Waals surface area (Å²) in [5, 5.41) is 25.7. The second-order valence-corrected chi connectivity index (χ2v) is 7.83. The summed E-state index contributed by atoms with van der Waals surface area (Å²) in [7, 11) is 0. The Morgan fingerprint density at radius 1 is 0.968 bits per heavy atom. The summed E-state index contributed by atoms with van der Waals surface area (Å²) in [6.07, 6.45) is -0.732. The third-order valence-electron chi connectivity index (χ3n) is 4.45. The lowest BCUT2D eigenvalue weighted by molar-refractivity contribution is -0.139. The fourth-order valence-electron chi connectivity index (χ4n) is 2.88. The van der Waals surface area contributed by atoms with Gasteiger partial charge in [0.2, 0.25) is 17.7 Å². The first-order valence-corrected chi connectivity index (χ1v) is 10.1. The Morgan fingerprint density at radius 3 is 2.10 bits per heavy atom. The van der Waals surface area contributed by atoms with Gasteiger partial charge in [0.05, 0.1) is 12.1 Å². The Morgan fingerprint density at radius 2 is 1.58 bits per heavy atom. The highest BCUT2D eigenvalue weighted by Crippen LogP contribution is 2.07. The van der Waals surface area contributed by atoms with Gasteiger partial charge >= 0.3 is 5.97 Å². The predicted molar refractivity (Wildman–Crippen MR) is 114 cm³/mol. The number of nitrogens with two attached hydrogens (primary N) is 1. The van der Waals surface area contributed by atoms with Crippen LogP contribution in [0.15, 0.2) is 30.3 Å². The largest absolute Gasteiger partial charge is 0.480 e. The number of hydrogen-bond donors (Lipinski definition) is 6. The zero-order valence-electron chi connectivity index (χ0n) is 18.0. The Kier molecular flexibility index (Phi) is 10.6. The summed E-state index contributed by atoms with van der Waals surface area (Å²) in [6.45, 7) is 4.47. The molecule has 0 radical (unpaired) electrons. The Balaban J connectivity index is 2.98. The molecule has 0 aromatic heterocycles. The van der Waals surface area contributed by atoms with Crippen molar-refractivity contribution in [2.75, 3.05) is 6.54 Å². The number of hydrogen-bond acceptors (Lipinski definition) is 6. The van der Waals surface area contributed by atoms with E-state index in [9.17, 15) is 24.3 Å². The van der Waals surface area contributed by atoms with Gasteiger partial charge in [-0.2, -0.15) is 0 Å². The minimum atomic E-state index is -1.40. The SMILES string of the molecule is CC(C)CC(N)C(=O)NC(Cc1ccccc1)C(=O)NC(C(=O)NCC(=O)O)C(C)O. The molecule has 4 atom stereocenters. The summed E-state index contributed by atoms with van der Waals surface area (Å²) < 4.78 is 0. The minimum Gasteiger partial charge on any atom is -0.480 e. The van der Waals surface area contributed by atoms with Gasteiger partial charge in [0.25, 0.3) is 0 Å². The van der Waals surface area contributed by atoms with Crippen LogP contribution in [0.5, 0.6) is 0 Å². The van der Waals surface area contributed by atoms with Gasteiger partial charge in [-0.05, 0) is 24.8 Å². The molecule has 10 heteroatoms. The van der Waals surface area contributed by atoms with Crippen molar-refractivity contribution >= 4 is 23.7 Å².